The number of nitrogens with zero attached hydrogens (tertiary/aromatic N) is 2. The lowest BCUT2D eigenvalue weighted by Gasteiger charge is -2.26. The molecular weight excluding hydrogens is 288 g/mol. The molecule has 124 valence electrons. The van der Waals surface area contributed by atoms with Gasteiger partial charge in [-0.3, -0.25) is 0 Å². The Balaban J connectivity index is 1.60. The molecule has 5 nitrogen and oxygen atoms in total. The standard InChI is InChI=1S/C18H26N4O/c1-23-14-4-2-13(3-5-14)17-21-16-15(8-11-20-18(16)22-17)12-6-9-19-10-7-12/h8,11-14,19H,2-7,9-10H2,1H3,(H,20,21,22)/t13-,14+. The zero-order valence-electron chi connectivity index (χ0n) is 13.8. The van der Waals surface area contributed by atoms with E-state index in [9.17, 15) is 0 Å². The number of H-pyrrole nitrogens is 1. The second-order valence-corrected chi connectivity index (χ2v) is 6.95. The van der Waals surface area contributed by atoms with Crippen molar-refractivity contribution in [3.8, 4) is 0 Å². The first-order valence-corrected chi connectivity index (χ1v) is 8.93. The van der Waals surface area contributed by atoms with Crippen molar-refractivity contribution in [2.24, 2.45) is 0 Å². The number of aromatic nitrogens is 3. The Hall–Kier alpha value is -1.46. The monoisotopic (exact) mass is 314 g/mol. The Morgan fingerprint density at radius 1 is 1.04 bits per heavy atom. The van der Waals surface area contributed by atoms with Gasteiger partial charge in [-0.05, 0) is 69.2 Å². The van der Waals surface area contributed by atoms with Crippen LogP contribution in [0.4, 0.5) is 0 Å². The third kappa shape index (κ3) is 3.00. The van der Waals surface area contributed by atoms with Crippen LogP contribution in [-0.2, 0) is 4.74 Å². The summed E-state index contributed by atoms with van der Waals surface area (Å²) in [6, 6.07) is 2.17. The van der Waals surface area contributed by atoms with E-state index in [1.807, 2.05) is 13.3 Å². The molecule has 2 aromatic heterocycles. The fraction of sp³-hybridized carbons (Fsp3) is 0.667. The van der Waals surface area contributed by atoms with Gasteiger partial charge in [-0.1, -0.05) is 0 Å². The van der Waals surface area contributed by atoms with Crippen molar-refractivity contribution in [3.63, 3.8) is 0 Å². The van der Waals surface area contributed by atoms with E-state index in [1.165, 1.54) is 18.4 Å². The molecule has 0 unspecified atom stereocenters. The van der Waals surface area contributed by atoms with E-state index in [4.69, 9.17) is 9.72 Å². The first-order valence-electron chi connectivity index (χ1n) is 8.93. The SMILES string of the molecule is CO[C@H]1CC[C@@H](c2nc3c(C4CCNCC4)ccnc3[nH]2)CC1. The molecule has 4 rings (SSSR count). The molecule has 2 N–H and O–H groups in total. The molecule has 0 aromatic carbocycles. The minimum Gasteiger partial charge on any atom is -0.381 e. The number of pyridine rings is 1. The largest absolute Gasteiger partial charge is 0.381 e. The summed E-state index contributed by atoms with van der Waals surface area (Å²) in [6.07, 6.45) is 9.32. The molecule has 0 radical (unpaired) electrons. The highest BCUT2D eigenvalue weighted by molar-refractivity contribution is 5.75. The van der Waals surface area contributed by atoms with Crippen molar-refractivity contribution in [2.45, 2.75) is 56.5 Å². The number of rotatable bonds is 3. The average Bonchev–Trinajstić information content (AvgIpc) is 3.06. The smallest absolute Gasteiger partial charge is 0.157 e. The van der Waals surface area contributed by atoms with Crippen LogP contribution in [0.3, 0.4) is 0 Å². The van der Waals surface area contributed by atoms with Crippen LogP contribution in [0.25, 0.3) is 11.2 Å². The van der Waals surface area contributed by atoms with Crippen molar-refractivity contribution in [1.82, 2.24) is 20.3 Å². The molecule has 0 amide bonds. The van der Waals surface area contributed by atoms with Gasteiger partial charge in [-0.15, -0.1) is 0 Å². The Morgan fingerprint density at radius 3 is 2.57 bits per heavy atom. The van der Waals surface area contributed by atoms with Crippen molar-refractivity contribution in [3.05, 3.63) is 23.7 Å². The van der Waals surface area contributed by atoms with Gasteiger partial charge in [0, 0.05) is 19.2 Å². The van der Waals surface area contributed by atoms with Crippen LogP contribution in [0.15, 0.2) is 12.3 Å². The Bertz CT molecular complexity index is 654. The topological polar surface area (TPSA) is 62.8 Å². The highest BCUT2D eigenvalue weighted by atomic mass is 16.5. The molecule has 2 fully saturated rings. The maximum atomic E-state index is 5.48. The summed E-state index contributed by atoms with van der Waals surface area (Å²) >= 11 is 0. The van der Waals surface area contributed by atoms with Crippen LogP contribution in [-0.4, -0.2) is 41.3 Å². The third-order valence-electron chi connectivity index (χ3n) is 5.61. The van der Waals surface area contributed by atoms with Gasteiger partial charge in [0.2, 0.25) is 0 Å². The summed E-state index contributed by atoms with van der Waals surface area (Å²) in [4.78, 5) is 13.0. The molecule has 2 aliphatic rings. The maximum absolute atomic E-state index is 5.48. The van der Waals surface area contributed by atoms with Crippen LogP contribution >= 0.6 is 0 Å². The van der Waals surface area contributed by atoms with Crippen LogP contribution in [0, 0.1) is 0 Å². The van der Waals surface area contributed by atoms with Gasteiger partial charge in [-0.2, -0.15) is 0 Å². The number of hydrogen-bond donors (Lipinski definition) is 2. The quantitative estimate of drug-likeness (QED) is 0.914. The van der Waals surface area contributed by atoms with Gasteiger partial charge in [0.1, 0.15) is 11.3 Å². The number of aromatic amines is 1. The zero-order chi connectivity index (χ0) is 15.6. The molecule has 1 saturated carbocycles. The number of hydrogen-bond acceptors (Lipinski definition) is 4. The summed E-state index contributed by atoms with van der Waals surface area (Å²) in [5, 5.41) is 3.44. The van der Waals surface area contributed by atoms with E-state index in [0.29, 0.717) is 17.9 Å². The van der Waals surface area contributed by atoms with Gasteiger partial charge in [-0.25, -0.2) is 9.97 Å². The third-order valence-corrected chi connectivity index (χ3v) is 5.61. The van der Waals surface area contributed by atoms with E-state index in [2.05, 4.69) is 21.4 Å². The van der Waals surface area contributed by atoms with Crippen molar-refractivity contribution in [1.29, 1.82) is 0 Å². The molecule has 3 heterocycles. The van der Waals surface area contributed by atoms with Gasteiger partial charge in [0.05, 0.1) is 6.10 Å². The lowest BCUT2D eigenvalue weighted by Crippen LogP contribution is -2.26. The fourth-order valence-electron chi connectivity index (χ4n) is 4.18. The van der Waals surface area contributed by atoms with Crippen molar-refractivity contribution in [2.75, 3.05) is 20.2 Å². The molecular formula is C18H26N4O. The number of nitrogens with one attached hydrogen (secondary N) is 2. The van der Waals surface area contributed by atoms with Gasteiger partial charge in [0.15, 0.2) is 5.65 Å². The van der Waals surface area contributed by atoms with Crippen LogP contribution in [0.5, 0.6) is 0 Å². The Kier molecular flexibility index (Phi) is 4.31. The van der Waals surface area contributed by atoms with Crippen molar-refractivity contribution >= 4 is 11.2 Å². The highest BCUT2D eigenvalue weighted by Gasteiger charge is 2.26. The molecule has 1 aliphatic carbocycles. The molecule has 23 heavy (non-hydrogen) atoms. The molecule has 0 atom stereocenters. The molecule has 1 aliphatic heterocycles. The average molecular weight is 314 g/mol. The lowest BCUT2D eigenvalue weighted by molar-refractivity contribution is 0.0652. The van der Waals surface area contributed by atoms with Gasteiger partial charge in [0.25, 0.3) is 0 Å². The van der Waals surface area contributed by atoms with Gasteiger partial charge >= 0.3 is 0 Å². The van der Waals surface area contributed by atoms with E-state index in [1.54, 1.807) is 0 Å². The van der Waals surface area contributed by atoms with Gasteiger partial charge < -0.3 is 15.0 Å². The second kappa shape index (κ2) is 6.57. The number of fused-ring (bicyclic) bond motifs is 1. The number of methoxy groups -OCH3 is 1. The predicted molar refractivity (Wildman–Crippen MR) is 90.7 cm³/mol. The maximum Gasteiger partial charge on any atom is 0.157 e. The summed E-state index contributed by atoms with van der Waals surface area (Å²) < 4.78 is 5.48. The first-order chi connectivity index (χ1) is 11.3. The van der Waals surface area contributed by atoms with E-state index < -0.39 is 0 Å². The lowest BCUT2D eigenvalue weighted by atomic mass is 9.87. The van der Waals surface area contributed by atoms with E-state index in [0.717, 1.165) is 55.8 Å². The molecule has 0 spiro atoms. The first kappa shape index (κ1) is 15.1. The van der Waals surface area contributed by atoms with Crippen LogP contribution < -0.4 is 5.32 Å². The van der Waals surface area contributed by atoms with Crippen LogP contribution in [0.2, 0.25) is 0 Å². The zero-order valence-corrected chi connectivity index (χ0v) is 13.8. The van der Waals surface area contributed by atoms with Crippen LogP contribution in [0.1, 0.15) is 61.7 Å². The Labute approximate surface area is 137 Å². The van der Waals surface area contributed by atoms with E-state index >= 15 is 0 Å². The second-order valence-electron chi connectivity index (χ2n) is 6.95. The number of imidazole rings is 1. The summed E-state index contributed by atoms with van der Waals surface area (Å²) in [7, 11) is 1.82. The number of piperidine rings is 1. The molecule has 0 bridgehead atoms. The Morgan fingerprint density at radius 2 is 1.83 bits per heavy atom. The number of ether oxygens (including phenoxy) is 1. The minimum absolute atomic E-state index is 0.430. The molecule has 5 heteroatoms. The van der Waals surface area contributed by atoms with Crippen molar-refractivity contribution < 1.29 is 4.74 Å². The fourth-order valence-corrected chi connectivity index (χ4v) is 4.18. The summed E-state index contributed by atoms with van der Waals surface area (Å²) in [5.41, 5.74) is 3.44. The highest BCUT2D eigenvalue weighted by Crippen LogP contribution is 2.35. The summed E-state index contributed by atoms with van der Waals surface area (Å²) in [5.74, 6) is 2.27. The predicted octanol–water partition coefficient (Wildman–Crippen LogP) is 3.10. The normalized spacial score (nSPS) is 26.7. The minimum atomic E-state index is 0.430. The molecule has 2 aromatic rings. The summed E-state index contributed by atoms with van der Waals surface area (Å²) in [6.45, 7) is 2.21. The van der Waals surface area contributed by atoms with E-state index in [-0.39, 0.29) is 0 Å². The molecule has 1 saturated heterocycles.